The second kappa shape index (κ2) is 6.25. The maximum absolute atomic E-state index is 12.2. The zero-order valence-electron chi connectivity index (χ0n) is 12.0. The lowest BCUT2D eigenvalue weighted by Gasteiger charge is -2.29. The first kappa shape index (κ1) is 14.8. The predicted molar refractivity (Wildman–Crippen MR) is 79.1 cm³/mol. The van der Waals surface area contributed by atoms with E-state index < -0.39 is 6.03 Å². The Bertz CT molecular complexity index is 571. The van der Waals surface area contributed by atoms with Gasteiger partial charge in [0.25, 0.3) is 0 Å². The summed E-state index contributed by atoms with van der Waals surface area (Å²) in [6.45, 7) is 3.47. The highest BCUT2D eigenvalue weighted by Gasteiger charge is 2.26. The first-order valence-corrected chi connectivity index (χ1v) is 6.71. The number of hydrogen-bond donors (Lipinski definition) is 3. The molecule has 7 heteroatoms. The Morgan fingerprint density at radius 1 is 1.33 bits per heavy atom. The summed E-state index contributed by atoms with van der Waals surface area (Å²) in [5.41, 5.74) is 1.19. The van der Waals surface area contributed by atoms with Crippen LogP contribution in [-0.2, 0) is 9.59 Å². The minimum Gasteiger partial charge on any atom is -0.352 e. The molecule has 2 rings (SSSR count). The normalized spacial score (nSPS) is 13.5. The van der Waals surface area contributed by atoms with Gasteiger partial charge in [-0.3, -0.25) is 14.5 Å². The molecule has 1 aliphatic rings. The number of benzene rings is 1. The van der Waals surface area contributed by atoms with Gasteiger partial charge in [-0.1, -0.05) is 12.1 Å². The van der Waals surface area contributed by atoms with Gasteiger partial charge < -0.3 is 16.0 Å². The van der Waals surface area contributed by atoms with Crippen molar-refractivity contribution in [2.24, 2.45) is 0 Å². The van der Waals surface area contributed by atoms with Crippen LogP contribution in [-0.4, -0.2) is 37.0 Å². The molecule has 1 aromatic carbocycles. The van der Waals surface area contributed by atoms with Gasteiger partial charge in [0.05, 0.1) is 17.9 Å². The Labute approximate surface area is 122 Å². The molecule has 21 heavy (non-hydrogen) atoms. The predicted octanol–water partition coefficient (Wildman–Crippen LogP) is 0.679. The monoisotopic (exact) mass is 290 g/mol. The molecule has 0 fully saturated rings. The molecule has 0 aliphatic carbocycles. The molecule has 0 atom stereocenters. The molecule has 3 N–H and O–H groups in total. The molecule has 0 bridgehead atoms. The van der Waals surface area contributed by atoms with Crippen LogP contribution in [0.4, 0.5) is 16.2 Å². The van der Waals surface area contributed by atoms with E-state index in [0.29, 0.717) is 11.4 Å². The van der Waals surface area contributed by atoms with Crippen molar-refractivity contribution in [1.29, 1.82) is 0 Å². The molecule has 112 valence electrons. The second-order valence-corrected chi connectivity index (χ2v) is 5.03. The number of carbonyl (C=O) groups is 3. The first-order chi connectivity index (χ1) is 9.97. The summed E-state index contributed by atoms with van der Waals surface area (Å²) in [6, 6.07) is 6.55. The van der Waals surface area contributed by atoms with E-state index in [4.69, 9.17) is 0 Å². The maximum Gasteiger partial charge on any atom is 0.322 e. The Kier molecular flexibility index (Phi) is 4.42. The SMILES string of the molecule is CC(C)NC(=O)CNC(=O)N1CC(=O)Nc2ccccc21. The van der Waals surface area contributed by atoms with Gasteiger partial charge in [-0.25, -0.2) is 4.79 Å². The largest absolute Gasteiger partial charge is 0.352 e. The highest BCUT2D eigenvalue weighted by Crippen LogP contribution is 2.28. The van der Waals surface area contributed by atoms with E-state index in [1.807, 2.05) is 13.8 Å². The summed E-state index contributed by atoms with van der Waals surface area (Å²) in [5.74, 6) is -0.538. The number of para-hydroxylation sites is 2. The number of rotatable bonds is 3. The Balaban J connectivity index is 2.03. The fourth-order valence-corrected chi connectivity index (χ4v) is 2.04. The number of urea groups is 1. The highest BCUT2D eigenvalue weighted by atomic mass is 16.2. The van der Waals surface area contributed by atoms with Crippen molar-refractivity contribution in [1.82, 2.24) is 10.6 Å². The van der Waals surface area contributed by atoms with Gasteiger partial charge in [-0.05, 0) is 26.0 Å². The number of amides is 4. The molecule has 0 saturated carbocycles. The Morgan fingerprint density at radius 2 is 2.05 bits per heavy atom. The maximum atomic E-state index is 12.2. The number of anilines is 2. The van der Waals surface area contributed by atoms with Gasteiger partial charge in [0.1, 0.15) is 6.54 Å². The number of hydrogen-bond acceptors (Lipinski definition) is 3. The van der Waals surface area contributed by atoms with Crippen molar-refractivity contribution in [3.05, 3.63) is 24.3 Å². The molecular formula is C14H18N4O3. The van der Waals surface area contributed by atoms with Crippen LogP contribution in [0, 0.1) is 0 Å². The molecule has 1 aliphatic heterocycles. The molecule has 1 aromatic rings. The van der Waals surface area contributed by atoms with E-state index in [0.717, 1.165) is 0 Å². The van der Waals surface area contributed by atoms with Crippen LogP contribution in [0.15, 0.2) is 24.3 Å². The van der Waals surface area contributed by atoms with Crippen molar-refractivity contribution >= 4 is 29.2 Å². The summed E-state index contributed by atoms with van der Waals surface area (Å²) < 4.78 is 0. The van der Waals surface area contributed by atoms with Crippen molar-refractivity contribution in [3.8, 4) is 0 Å². The van der Waals surface area contributed by atoms with Gasteiger partial charge in [-0.2, -0.15) is 0 Å². The average Bonchev–Trinajstić information content (AvgIpc) is 2.43. The van der Waals surface area contributed by atoms with Crippen LogP contribution < -0.4 is 20.9 Å². The van der Waals surface area contributed by atoms with Crippen LogP contribution in [0.2, 0.25) is 0 Å². The van der Waals surface area contributed by atoms with E-state index in [9.17, 15) is 14.4 Å². The van der Waals surface area contributed by atoms with Crippen molar-refractivity contribution < 1.29 is 14.4 Å². The number of carbonyl (C=O) groups excluding carboxylic acids is 3. The lowest BCUT2D eigenvalue weighted by Crippen LogP contribution is -2.49. The summed E-state index contributed by atoms with van der Waals surface area (Å²) >= 11 is 0. The van der Waals surface area contributed by atoms with Crippen molar-refractivity contribution in [2.75, 3.05) is 23.3 Å². The molecule has 0 aromatic heterocycles. The lowest BCUT2D eigenvalue weighted by molar-refractivity contribution is -0.120. The lowest BCUT2D eigenvalue weighted by atomic mass is 10.2. The van der Waals surface area contributed by atoms with Crippen LogP contribution in [0.25, 0.3) is 0 Å². The smallest absolute Gasteiger partial charge is 0.322 e. The standard InChI is InChI=1S/C14H18N4O3/c1-9(2)16-12(19)7-15-14(21)18-8-13(20)17-10-5-3-4-6-11(10)18/h3-6,9H,7-8H2,1-2H3,(H,15,21)(H,16,19)(H,17,20). The quantitative estimate of drug-likeness (QED) is 0.764. The summed E-state index contributed by atoms with van der Waals surface area (Å²) in [6.07, 6.45) is 0. The molecule has 0 spiro atoms. The van der Waals surface area contributed by atoms with Crippen molar-refractivity contribution in [3.63, 3.8) is 0 Å². The first-order valence-electron chi connectivity index (χ1n) is 6.71. The van der Waals surface area contributed by atoms with Gasteiger partial charge in [0, 0.05) is 6.04 Å². The number of nitrogens with zero attached hydrogens (tertiary/aromatic N) is 1. The molecular weight excluding hydrogens is 272 g/mol. The topological polar surface area (TPSA) is 90.5 Å². The second-order valence-electron chi connectivity index (χ2n) is 5.03. The number of fused-ring (bicyclic) bond motifs is 1. The summed E-state index contributed by atoms with van der Waals surface area (Å²) in [4.78, 5) is 36.6. The third-order valence-electron chi connectivity index (χ3n) is 2.87. The third-order valence-corrected chi connectivity index (χ3v) is 2.87. The Morgan fingerprint density at radius 3 is 2.76 bits per heavy atom. The van der Waals surface area contributed by atoms with Crippen LogP contribution >= 0.6 is 0 Å². The van der Waals surface area contributed by atoms with E-state index in [-0.39, 0.29) is 30.9 Å². The average molecular weight is 290 g/mol. The van der Waals surface area contributed by atoms with E-state index in [1.165, 1.54) is 4.90 Å². The van der Waals surface area contributed by atoms with Crippen LogP contribution in [0.3, 0.4) is 0 Å². The minimum atomic E-state index is -0.476. The van der Waals surface area contributed by atoms with E-state index >= 15 is 0 Å². The minimum absolute atomic E-state index is 0.0101. The molecule has 0 radical (unpaired) electrons. The van der Waals surface area contributed by atoms with E-state index in [1.54, 1.807) is 24.3 Å². The molecule has 7 nitrogen and oxygen atoms in total. The van der Waals surface area contributed by atoms with Crippen molar-refractivity contribution in [2.45, 2.75) is 19.9 Å². The highest BCUT2D eigenvalue weighted by molar-refractivity contribution is 6.09. The molecule has 1 heterocycles. The molecule has 0 unspecified atom stereocenters. The molecule has 4 amide bonds. The van der Waals surface area contributed by atoms with Crippen LogP contribution in [0.1, 0.15) is 13.8 Å². The Hall–Kier alpha value is -2.57. The van der Waals surface area contributed by atoms with Gasteiger partial charge in [0.2, 0.25) is 11.8 Å². The van der Waals surface area contributed by atoms with Gasteiger partial charge in [-0.15, -0.1) is 0 Å². The molecule has 0 saturated heterocycles. The zero-order chi connectivity index (χ0) is 15.4. The fourth-order valence-electron chi connectivity index (χ4n) is 2.04. The summed E-state index contributed by atoms with van der Waals surface area (Å²) in [5, 5.41) is 7.89. The van der Waals surface area contributed by atoms with Crippen LogP contribution in [0.5, 0.6) is 0 Å². The summed E-state index contributed by atoms with van der Waals surface area (Å²) in [7, 11) is 0. The van der Waals surface area contributed by atoms with E-state index in [2.05, 4.69) is 16.0 Å². The zero-order valence-corrected chi connectivity index (χ0v) is 12.0. The van der Waals surface area contributed by atoms with Gasteiger partial charge >= 0.3 is 6.03 Å². The third kappa shape index (κ3) is 3.71. The fraction of sp³-hybridized carbons (Fsp3) is 0.357. The van der Waals surface area contributed by atoms with Gasteiger partial charge in [0.15, 0.2) is 0 Å². The number of nitrogens with one attached hydrogen (secondary N) is 3.